The molecule has 12 heteroatoms. The van der Waals surface area contributed by atoms with Gasteiger partial charge in [0.15, 0.2) is 6.29 Å². The van der Waals surface area contributed by atoms with E-state index in [0.717, 1.165) is 29.3 Å². The quantitative estimate of drug-likeness (QED) is 0.198. The molecule has 0 aromatic heterocycles. The predicted molar refractivity (Wildman–Crippen MR) is 174 cm³/mol. The second kappa shape index (κ2) is 17.3. The van der Waals surface area contributed by atoms with Crippen molar-refractivity contribution in [3.05, 3.63) is 93.5 Å². The number of piperazine rings is 1. The number of benzene rings is 3. The highest BCUT2D eigenvalue weighted by Gasteiger charge is 2.30. The third-order valence-electron chi connectivity index (χ3n) is 8.27. The van der Waals surface area contributed by atoms with E-state index in [1.807, 2.05) is 17.0 Å². The molecule has 3 aromatic rings. The van der Waals surface area contributed by atoms with Crippen molar-refractivity contribution >= 4 is 24.2 Å². The second-order valence-corrected chi connectivity index (χ2v) is 11.4. The Morgan fingerprint density at radius 3 is 2.57 bits per heavy atom. The average molecular weight is 647 g/mol. The Labute approximate surface area is 273 Å². The minimum Gasteiger partial charge on any atom is -0.488 e. The molecule has 0 spiro atoms. The number of amides is 1. The first-order chi connectivity index (χ1) is 22.8. The molecule has 10 nitrogen and oxygen atoms in total. The lowest BCUT2D eigenvalue weighted by atomic mass is 9.93. The van der Waals surface area contributed by atoms with Gasteiger partial charge < -0.3 is 30.8 Å². The maximum atomic E-state index is 15.3. The van der Waals surface area contributed by atoms with E-state index in [9.17, 15) is 18.8 Å². The molecule has 4 N–H and O–H groups in total. The number of ether oxygens (including phenoxy) is 1. The number of nitriles is 1. The number of nitrogens with two attached hydrogens (primary N) is 1. The van der Waals surface area contributed by atoms with Gasteiger partial charge in [-0.2, -0.15) is 5.26 Å². The molecule has 47 heavy (non-hydrogen) atoms. The van der Waals surface area contributed by atoms with Crippen LogP contribution in [0.5, 0.6) is 5.75 Å². The van der Waals surface area contributed by atoms with E-state index in [4.69, 9.17) is 15.7 Å². The van der Waals surface area contributed by atoms with Crippen LogP contribution in [0, 0.1) is 23.0 Å². The van der Waals surface area contributed by atoms with Gasteiger partial charge in [0.05, 0.1) is 17.3 Å². The Morgan fingerprint density at radius 2 is 1.91 bits per heavy atom. The van der Waals surface area contributed by atoms with Crippen molar-refractivity contribution in [2.45, 2.75) is 45.0 Å². The summed E-state index contributed by atoms with van der Waals surface area (Å²) in [5.74, 6) is -0.494. The van der Waals surface area contributed by atoms with E-state index in [0.29, 0.717) is 93.2 Å². The smallest absolute Gasteiger partial charge is 0.217 e. The number of nitrogens with one attached hydrogen (secondary N) is 2. The molecule has 0 radical (unpaired) electrons. The van der Waals surface area contributed by atoms with E-state index >= 15 is 4.39 Å². The highest BCUT2D eigenvalue weighted by molar-refractivity contribution is 5.78. The van der Waals surface area contributed by atoms with Gasteiger partial charge in [0, 0.05) is 81.4 Å². The fourth-order valence-corrected chi connectivity index (χ4v) is 5.85. The summed E-state index contributed by atoms with van der Waals surface area (Å²) < 4.78 is 35.9. The topological polar surface area (TPSA) is 141 Å². The van der Waals surface area contributed by atoms with Crippen LogP contribution < -0.4 is 26.0 Å². The van der Waals surface area contributed by atoms with Gasteiger partial charge in [0.25, 0.3) is 0 Å². The molecule has 0 saturated carbocycles. The van der Waals surface area contributed by atoms with E-state index < -0.39 is 0 Å². The summed E-state index contributed by atoms with van der Waals surface area (Å²) in [4.78, 5) is 35.4. The molecule has 0 aliphatic carbocycles. The summed E-state index contributed by atoms with van der Waals surface area (Å²) in [5, 5.41) is 15.5. The molecule has 2 aliphatic rings. The van der Waals surface area contributed by atoms with Crippen LogP contribution in [0.4, 0.5) is 14.5 Å². The number of primary amides is 1. The number of carbonyl (C=O) groups is 3. The van der Waals surface area contributed by atoms with Gasteiger partial charge in [-0.25, -0.2) is 8.78 Å². The predicted octanol–water partition coefficient (Wildman–Crippen LogP) is 3.75. The third kappa shape index (κ3) is 9.19. The molecule has 1 amide bonds. The number of halogens is 2. The van der Waals surface area contributed by atoms with Crippen LogP contribution in [-0.4, -0.2) is 63.2 Å². The van der Waals surface area contributed by atoms with Crippen LogP contribution in [0.25, 0.3) is 0 Å². The Kier molecular flexibility index (Phi) is 12.9. The van der Waals surface area contributed by atoms with Crippen molar-refractivity contribution in [1.82, 2.24) is 15.5 Å². The van der Waals surface area contributed by atoms with Gasteiger partial charge in [-0.05, 0) is 61.0 Å². The Hall–Kier alpha value is -4.70. The molecule has 1 fully saturated rings. The Balaban J connectivity index is 0.000000555. The van der Waals surface area contributed by atoms with Gasteiger partial charge in [-0.15, -0.1) is 0 Å². The maximum absolute atomic E-state index is 15.3. The summed E-state index contributed by atoms with van der Waals surface area (Å²) in [6, 6.07) is 15.3. The second-order valence-electron chi connectivity index (χ2n) is 11.4. The zero-order valence-electron chi connectivity index (χ0n) is 26.4. The van der Waals surface area contributed by atoms with Crippen molar-refractivity contribution in [3.63, 3.8) is 0 Å². The van der Waals surface area contributed by atoms with E-state index in [-0.39, 0.29) is 30.2 Å². The highest BCUT2D eigenvalue weighted by atomic mass is 19.1. The molecule has 248 valence electrons. The first kappa shape index (κ1) is 35.2. The number of nitrogens with zero attached hydrogens (tertiary/aromatic N) is 3. The monoisotopic (exact) mass is 646 g/mol. The summed E-state index contributed by atoms with van der Waals surface area (Å²) in [6.07, 6.45) is 2.91. The van der Waals surface area contributed by atoms with Crippen molar-refractivity contribution in [1.29, 1.82) is 5.26 Å². The van der Waals surface area contributed by atoms with Crippen molar-refractivity contribution in [2.75, 3.05) is 44.7 Å². The maximum Gasteiger partial charge on any atom is 0.217 e. The summed E-state index contributed by atoms with van der Waals surface area (Å²) >= 11 is 0. The lowest BCUT2D eigenvalue weighted by Gasteiger charge is -2.42. The van der Waals surface area contributed by atoms with E-state index in [1.165, 1.54) is 6.07 Å². The lowest BCUT2D eigenvalue weighted by molar-refractivity contribution is -0.118. The Morgan fingerprint density at radius 1 is 1.13 bits per heavy atom. The lowest BCUT2D eigenvalue weighted by Crippen LogP contribution is -2.50. The fraction of sp³-hybridized carbons (Fsp3) is 0.371. The molecule has 1 atom stereocenters. The van der Waals surface area contributed by atoms with Gasteiger partial charge in [0.2, 0.25) is 5.91 Å². The molecule has 0 bridgehead atoms. The zero-order valence-corrected chi connectivity index (χ0v) is 26.4. The van der Waals surface area contributed by atoms with Gasteiger partial charge >= 0.3 is 0 Å². The molecular formula is C35H40F2N6O4. The molecule has 5 rings (SSSR count). The molecule has 2 heterocycles. The molecule has 3 aromatic carbocycles. The first-order valence-corrected chi connectivity index (χ1v) is 15.6. The number of fused-ring (bicyclic) bond motifs is 1. The van der Waals surface area contributed by atoms with Crippen LogP contribution in [-0.2, 0) is 29.3 Å². The normalized spacial score (nSPS) is 15.9. The first-order valence-electron chi connectivity index (χ1n) is 15.6. The Bertz CT molecular complexity index is 1600. The average Bonchev–Trinajstić information content (AvgIpc) is 3.08. The number of aldehydes is 2. The summed E-state index contributed by atoms with van der Waals surface area (Å²) in [7, 11) is 1.79. The van der Waals surface area contributed by atoms with Crippen LogP contribution in [0.2, 0.25) is 0 Å². The van der Waals surface area contributed by atoms with Gasteiger partial charge in [0.1, 0.15) is 30.3 Å². The van der Waals surface area contributed by atoms with E-state index in [1.54, 1.807) is 43.4 Å². The minimum absolute atomic E-state index is 0.0117. The van der Waals surface area contributed by atoms with Crippen LogP contribution in [0.1, 0.15) is 63.5 Å². The number of carbonyl (C=O) groups excluding carboxylic acids is 3. The number of hydrogen-bond donors (Lipinski definition) is 3. The molecule has 1 saturated heterocycles. The summed E-state index contributed by atoms with van der Waals surface area (Å²) in [5.41, 5.74) is 9.33. The standard InChI is InChI=1S/C30H31F2N5O2.C5H9NO2/c1-34-16-25-21(18-38)3-2-4-30(25)39-19-23-12-22-15-35-17-29(24(22)13-26(23)31)37-9-7-36(8-10-37)28-6-5-20(14-33)11-27(28)32;6-5(8)3-1-2-4-7/h2-6,11-13,18,29,34-35H,7-10,15-17,19H2,1H3;4H,1-3H2,(H2,6,8). The van der Waals surface area contributed by atoms with Crippen LogP contribution in [0.3, 0.4) is 0 Å². The van der Waals surface area contributed by atoms with Crippen molar-refractivity contribution in [2.24, 2.45) is 5.73 Å². The third-order valence-corrected chi connectivity index (χ3v) is 8.27. The van der Waals surface area contributed by atoms with Gasteiger partial charge in [-0.3, -0.25) is 14.5 Å². The van der Waals surface area contributed by atoms with Crippen LogP contribution in [0.15, 0.2) is 48.5 Å². The number of rotatable bonds is 12. The number of unbranched alkanes of at least 4 members (excludes halogenated alkanes) is 1. The molecule has 1 unspecified atom stereocenters. The highest BCUT2D eigenvalue weighted by Crippen LogP contribution is 2.32. The van der Waals surface area contributed by atoms with Crippen LogP contribution >= 0.6 is 0 Å². The fourth-order valence-electron chi connectivity index (χ4n) is 5.85. The SMILES string of the molecule is CNCc1c(C=O)cccc1OCc1cc2c(cc1F)C(N1CCN(c3ccc(C#N)cc3F)CC1)CNC2.NC(=O)CCCC=O. The summed E-state index contributed by atoms with van der Waals surface area (Å²) in [6.45, 7) is 4.56. The van der Waals surface area contributed by atoms with Crippen molar-refractivity contribution < 1.29 is 27.9 Å². The molecular weight excluding hydrogens is 606 g/mol. The van der Waals surface area contributed by atoms with E-state index in [2.05, 4.69) is 15.5 Å². The minimum atomic E-state index is -0.389. The van der Waals surface area contributed by atoms with Crippen molar-refractivity contribution in [3.8, 4) is 11.8 Å². The largest absolute Gasteiger partial charge is 0.488 e. The number of hydrogen-bond acceptors (Lipinski definition) is 9. The van der Waals surface area contributed by atoms with Gasteiger partial charge in [-0.1, -0.05) is 12.1 Å². The molecule has 2 aliphatic heterocycles. The zero-order chi connectivity index (χ0) is 33.8. The number of anilines is 1.